The van der Waals surface area contributed by atoms with E-state index in [9.17, 15) is 35.4 Å². The van der Waals surface area contributed by atoms with E-state index in [4.69, 9.17) is 47.0 Å². The molecule has 1 amide bonds. The number of nitrogens with two attached hydrogens (primary N) is 4. The Kier molecular flexibility index (Phi) is 14.4. The van der Waals surface area contributed by atoms with Crippen LogP contribution < -0.4 is 33.6 Å². The lowest BCUT2D eigenvalue weighted by Crippen LogP contribution is -2.69. The van der Waals surface area contributed by atoms with E-state index in [1.54, 1.807) is 7.05 Å². The quantitative estimate of drug-likeness (QED) is 0.0604. The van der Waals surface area contributed by atoms with Gasteiger partial charge in [0.15, 0.2) is 12.6 Å². The topological polar surface area (TPSA) is 336 Å². The van der Waals surface area contributed by atoms with E-state index in [-0.39, 0.29) is 38.4 Å². The molecule has 268 valence electrons. The standard InChI is InChI=1S/C27H53N7O12/c1-27(42)10-43-26(19(40)22(27)32-2)46-21-15(34-24(41)16(37)5-11(36)7-28)6-14(30)20(18(21)39)45-25-13(29)4-3-12(44-25)8-33-23(31)17(38)9-35/h11-22,25-26,32,35-40,42H,3-10,28-30H2,1-2H3,(H2,31,33)(H,34,41)/t11-,12+,13?,14+,15-,16+,17?,18?,19?,20?,21?,22-,25-,26-,27?/m1/s1. The van der Waals surface area contributed by atoms with Crippen molar-refractivity contribution in [1.29, 1.82) is 0 Å². The summed E-state index contributed by atoms with van der Waals surface area (Å²) in [7, 11) is 1.54. The maximum absolute atomic E-state index is 12.9. The van der Waals surface area contributed by atoms with Gasteiger partial charge in [0.1, 0.15) is 48.1 Å². The molecule has 3 rings (SSSR count). The number of nitrogens with one attached hydrogen (secondary N) is 2. The molecule has 0 aromatic rings. The monoisotopic (exact) mass is 667 g/mol. The largest absolute Gasteiger partial charge is 0.393 e. The molecule has 7 unspecified atom stereocenters. The lowest BCUT2D eigenvalue weighted by Gasteiger charge is -2.49. The van der Waals surface area contributed by atoms with Crippen LogP contribution in [-0.2, 0) is 23.7 Å². The van der Waals surface area contributed by atoms with Crippen LogP contribution in [0.5, 0.6) is 0 Å². The number of carbonyl (C=O) groups is 1. The molecule has 46 heavy (non-hydrogen) atoms. The number of ether oxygens (including phenoxy) is 4. The van der Waals surface area contributed by atoms with Gasteiger partial charge in [-0.15, -0.1) is 0 Å². The molecule has 0 spiro atoms. The first-order chi connectivity index (χ1) is 21.6. The Labute approximate surface area is 267 Å². The van der Waals surface area contributed by atoms with E-state index in [1.165, 1.54) is 6.92 Å². The molecule has 0 aromatic heterocycles. The average Bonchev–Trinajstić information content (AvgIpc) is 3.01. The van der Waals surface area contributed by atoms with Gasteiger partial charge < -0.3 is 88.3 Å². The first-order valence-electron chi connectivity index (χ1n) is 15.4. The molecule has 19 heteroatoms. The van der Waals surface area contributed by atoms with E-state index >= 15 is 0 Å². The third kappa shape index (κ3) is 9.71. The summed E-state index contributed by atoms with van der Waals surface area (Å²) in [4.78, 5) is 16.9. The number of amidine groups is 1. The summed E-state index contributed by atoms with van der Waals surface area (Å²) in [6.45, 7) is 0.520. The summed E-state index contributed by atoms with van der Waals surface area (Å²) in [6, 6.07) is -3.45. The molecule has 1 saturated carbocycles. The van der Waals surface area contributed by atoms with Crippen molar-refractivity contribution in [1.82, 2.24) is 10.6 Å². The molecule has 1 aliphatic carbocycles. The lowest BCUT2D eigenvalue weighted by atomic mass is 9.83. The summed E-state index contributed by atoms with van der Waals surface area (Å²) < 4.78 is 23.8. The van der Waals surface area contributed by atoms with Crippen molar-refractivity contribution in [2.45, 2.75) is 124 Å². The van der Waals surface area contributed by atoms with Gasteiger partial charge in [-0.2, -0.15) is 0 Å². The Bertz CT molecular complexity index is 999. The summed E-state index contributed by atoms with van der Waals surface area (Å²) in [5.41, 5.74) is 22.3. The highest BCUT2D eigenvalue weighted by Gasteiger charge is 2.52. The van der Waals surface area contributed by atoms with Crippen molar-refractivity contribution < 1.29 is 59.5 Å². The Morgan fingerprint density at radius 1 is 1.07 bits per heavy atom. The van der Waals surface area contributed by atoms with Gasteiger partial charge in [0.05, 0.1) is 50.1 Å². The van der Waals surface area contributed by atoms with Gasteiger partial charge in [0.2, 0.25) is 5.91 Å². The molecular formula is C27H53N7O12. The van der Waals surface area contributed by atoms with Crippen LogP contribution in [0.1, 0.15) is 32.6 Å². The SMILES string of the molecule is CN[C@@H]1C(O)[C@@H](OC2C(O)C(O[C@H]3O[C@H](CN=C(N)C(O)CO)CCC3N)[C@@H](N)C[C@H]2NC(=O)[C@@H](O)C[C@@H](O)CN)OCC1(C)O. The highest BCUT2D eigenvalue weighted by Crippen LogP contribution is 2.32. The summed E-state index contributed by atoms with van der Waals surface area (Å²) >= 11 is 0. The van der Waals surface area contributed by atoms with Crippen molar-refractivity contribution in [2.75, 3.05) is 33.4 Å². The van der Waals surface area contributed by atoms with Crippen LogP contribution in [0.25, 0.3) is 0 Å². The molecule has 15 atom stereocenters. The number of likely N-dealkylation sites (N-methyl/N-ethyl adjacent to an activating group) is 1. The van der Waals surface area contributed by atoms with Crippen LogP contribution in [0.3, 0.4) is 0 Å². The highest BCUT2D eigenvalue weighted by atomic mass is 16.7. The van der Waals surface area contributed by atoms with E-state index < -0.39 is 104 Å². The van der Waals surface area contributed by atoms with Crippen LogP contribution in [0.4, 0.5) is 0 Å². The molecule has 3 fully saturated rings. The number of rotatable bonds is 14. The number of aliphatic hydroxyl groups is 7. The second kappa shape index (κ2) is 17.1. The van der Waals surface area contributed by atoms with Gasteiger partial charge in [0, 0.05) is 19.0 Å². The third-order valence-corrected chi connectivity index (χ3v) is 8.63. The number of hydrogen-bond acceptors (Lipinski definition) is 17. The van der Waals surface area contributed by atoms with Crippen molar-refractivity contribution in [3.63, 3.8) is 0 Å². The molecule has 2 saturated heterocycles. The maximum atomic E-state index is 12.9. The minimum absolute atomic E-state index is 0.0362. The van der Waals surface area contributed by atoms with Crippen LogP contribution in [0.2, 0.25) is 0 Å². The Hall–Kier alpha value is -1.66. The van der Waals surface area contributed by atoms with Gasteiger partial charge in [-0.25, -0.2) is 0 Å². The number of aliphatic imine (C=N–C) groups is 1. The van der Waals surface area contributed by atoms with Crippen molar-refractivity contribution in [3.05, 3.63) is 0 Å². The molecule has 0 radical (unpaired) electrons. The van der Waals surface area contributed by atoms with Gasteiger partial charge in [-0.3, -0.25) is 9.79 Å². The predicted octanol–water partition coefficient (Wildman–Crippen LogP) is -7.00. The van der Waals surface area contributed by atoms with Crippen LogP contribution in [-0.4, -0.2) is 172 Å². The number of hydrogen-bond donors (Lipinski definition) is 13. The molecule has 0 bridgehead atoms. The van der Waals surface area contributed by atoms with E-state index in [2.05, 4.69) is 15.6 Å². The molecule has 3 aliphatic rings. The lowest BCUT2D eigenvalue weighted by molar-refractivity contribution is -0.307. The third-order valence-electron chi connectivity index (χ3n) is 8.63. The fourth-order valence-electron chi connectivity index (χ4n) is 5.90. The fraction of sp³-hybridized carbons (Fsp3) is 0.926. The second-order valence-corrected chi connectivity index (χ2v) is 12.5. The molecule has 19 nitrogen and oxygen atoms in total. The average molecular weight is 668 g/mol. The second-order valence-electron chi connectivity index (χ2n) is 12.5. The Morgan fingerprint density at radius 3 is 2.37 bits per heavy atom. The molecule has 2 aliphatic heterocycles. The maximum Gasteiger partial charge on any atom is 0.249 e. The molecule has 0 aromatic carbocycles. The highest BCUT2D eigenvalue weighted by molar-refractivity contribution is 5.84. The van der Waals surface area contributed by atoms with Gasteiger partial charge >= 0.3 is 0 Å². The predicted molar refractivity (Wildman–Crippen MR) is 161 cm³/mol. The van der Waals surface area contributed by atoms with Gasteiger partial charge in [-0.05, 0) is 33.2 Å². The normalized spacial score (nSPS) is 41.0. The van der Waals surface area contributed by atoms with Gasteiger partial charge in [-0.1, -0.05) is 0 Å². The van der Waals surface area contributed by atoms with Crippen molar-refractivity contribution in [3.8, 4) is 0 Å². The minimum atomic E-state index is -1.64. The van der Waals surface area contributed by atoms with Gasteiger partial charge in [0.25, 0.3) is 0 Å². The molecular weight excluding hydrogens is 614 g/mol. The molecule has 2 heterocycles. The zero-order valence-electron chi connectivity index (χ0n) is 26.2. The fourth-order valence-corrected chi connectivity index (χ4v) is 5.90. The first-order valence-corrected chi connectivity index (χ1v) is 15.4. The smallest absolute Gasteiger partial charge is 0.249 e. The van der Waals surface area contributed by atoms with Crippen molar-refractivity contribution in [2.24, 2.45) is 27.9 Å². The minimum Gasteiger partial charge on any atom is -0.393 e. The van der Waals surface area contributed by atoms with E-state index in [0.717, 1.165) is 0 Å². The zero-order chi connectivity index (χ0) is 34.3. The van der Waals surface area contributed by atoms with Crippen molar-refractivity contribution >= 4 is 11.7 Å². The van der Waals surface area contributed by atoms with Crippen LogP contribution in [0.15, 0.2) is 4.99 Å². The zero-order valence-corrected chi connectivity index (χ0v) is 26.2. The number of nitrogens with zero attached hydrogens (tertiary/aromatic N) is 1. The Balaban J connectivity index is 1.80. The number of amides is 1. The first kappa shape index (κ1) is 38.8. The van der Waals surface area contributed by atoms with E-state index in [0.29, 0.717) is 12.8 Å². The van der Waals surface area contributed by atoms with Crippen LogP contribution >= 0.6 is 0 Å². The summed E-state index contributed by atoms with van der Waals surface area (Å²) in [5, 5.41) is 77.5. The van der Waals surface area contributed by atoms with Crippen LogP contribution in [0, 0.1) is 0 Å². The summed E-state index contributed by atoms with van der Waals surface area (Å²) in [6.07, 6.45) is -11.9. The van der Waals surface area contributed by atoms with E-state index in [1.807, 2.05) is 0 Å². The summed E-state index contributed by atoms with van der Waals surface area (Å²) in [5.74, 6) is -1.04. The number of aliphatic hydroxyl groups excluding tert-OH is 6. The number of carbonyl (C=O) groups excluding carboxylic acids is 1. The Morgan fingerprint density at radius 2 is 1.74 bits per heavy atom. The molecule has 17 N–H and O–H groups in total.